The second-order valence-corrected chi connectivity index (χ2v) is 10.3. The van der Waals surface area contributed by atoms with Crippen LogP contribution in [0.1, 0.15) is 5.56 Å². The lowest BCUT2D eigenvalue weighted by Gasteiger charge is -2.24. The lowest BCUT2D eigenvalue weighted by atomic mass is 10.1. The molecule has 2 atom stereocenters. The minimum Gasteiger partial charge on any atom is -0.484 e. The molecule has 0 aromatic heterocycles. The molecule has 1 amide bonds. The number of ether oxygens (including phenoxy) is 1. The van der Waals surface area contributed by atoms with Gasteiger partial charge in [-0.25, -0.2) is 12.8 Å². The van der Waals surface area contributed by atoms with Crippen molar-refractivity contribution in [2.24, 2.45) is 4.99 Å². The monoisotopic (exact) mass is 434 g/mol. The summed E-state index contributed by atoms with van der Waals surface area (Å²) in [5.74, 6) is -0.113. The molecular formula is C20H19FN2O4S2. The molecule has 0 bridgehead atoms. The topological polar surface area (TPSA) is 76.0 Å². The zero-order chi connectivity index (χ0) is 20.4. The van der Waals surface area contributed by atoms with Crippen LogP contribution in [0, 0.1) is 5.82 Å². The highest BCUT2D eigenvalue weighted by atomic mass is 32.2. The number of sulfone groups is 1. The summed E-state index contributed by atoms with van der Waals surface area (Å²) in [5, 5.41) is 0.322. The number of para-hydroxylation sites is 1. The van der Waals surface area contributed by atoms with Gasteiger partial charge in [0.05, 0.1) is 17.5 Å². The van der Waals surface area contributed by atoms with E-state index in [1.54, 1.807) is 24.3 Å². The third-order valence-electron chi connectivity index (χ3n) is 4.77. The Morgan fingerprint density at radius 3 is 2.59 bits per heavy atom. The molecule has 0 spiro atoms. The first-order valence-corrected chi connectivity index (χ1v) is 11.8. The van der Waals surface area contributed by atoms with E-state index in [0.717, 1.165) is 5.56 Å². The lowest BCUT2D eigenvalue weighted by Crippen LogP contribution is -2.37. The molecule has 0 N–H and O–H groups in total. The molecule has 2 aromatic rings. The van der Waals surface area contributed by atoms with Gasteiger partial charge in [0.1, 0.15) is 11.6 Å². The Labute approximate surface area is 172 Å². The second-order valence-electron chi connectivity index (χ2n) is 6.94. The molecular weight excluding hydrogens is 415 g/mol. The van der Waals surface area contributed by atoms with Crippen LogP contribution in [-0.2, 0) is 21.2 Å². The van der Waals surface area contributed by atoms with Crippen molar-refractivity contribution in [1.29, 1.82) is 0 Å². The van der Waals surface area contributed by atoms with Crippen molar-refractivity contribution in [3.63, 3.8) is 0 Å². The number of fused-ring (bicyclic) bond motifs is 1. The Balaban J connectivity index is 1.51. The normalized spacial score (nSPS) is 23.9. The number of amides is 1. The molecule has 9 heteroatoms. The molecule has 2 heterocycles. The van der Waals surface area contributed by atoms with Gasteiger partial charge in [0.2, 0.25) is 0 Å². The highest BCUT2D eigenvalue weighted by Crippen LogP contribution is 2.39. The van der Waals surface area contributed by atoms with Gasteiger partial charge in [-0.15, -0.1) is 0 Å². The Bertz CT molecular complexity index is 1030. The molecule has 0 radical (unpaired) electrons. The van der Waals surface area contributed by atoms with Crippen molar-refractivity contribution in [1.82, 2.24) is 4.90 Å². The molecule has 0 unspecified atom stereocenters. The number of carbonyl (C=O) groups excluding carboxylic acids is 1. The Hall–Kier alpha value is -2.39. The van der Waals surface area contributed by atoms with E-state index in [4.69, 9.17) is 4.74 Å². The van der Waals surface area contributed by atoms with Gasteiger partial charge in [-0.2, -0.15) is 4.99 Å². The first kappa shape index (κ1) is 19.9. The summed E-state index contributed by atoms with van der Waals surface area (Å²) in [6.07, 6.45) is 0. The number of nitrogens with zero attached hydrogens (tertiary/aromatic N) is 2. The molecule has 2 saturated heterocycles. The lowest BCUT2D eigenvalue weighted by molar-refractivity contribution is -0.119. The summed E-state index contributed by atoms with van der Waals surface area (Å²) in [5.41, 5.74) is 0.817. The smallest absolute Gasteiger partial charge is 0.285 e. The van der Waals surface area contributed by atoms with Crippen LogP contribution in [0.4, 0.5) is 4.39 Å². The average molecular weight is 435 g/mol. The number of thioether (sulfide) groups is 1. The summed E-state index contributed by atoms with van der Waals surface area (Å²) in [4.78, 5) is 18.4. The van der Waals surface area contributed by atoms with Gasteiger partial charge in [0, 0.05) is 11.8 Å². The third kappa shape index (κ3) is 4.79. The fourth-order valence-electron chi connectivity index (χ4n) is 3.41. The van der Waals surface area contributed by atoms with E-state index < -0.39 is 15.7 Å². The number of hydrogen-bond donors (Lipinski definition) is 0. The van der Waals surface area contributed by atoms with E-state index in [9.17, 15) is 17.6 Å². The summed E-state index contributed by atoms with van der Waals surface area (Å²) in [6.45, 7) is 0.154. The average Bonchev–Trinajstić information content (AvgIpc) is 3.15. The first-order chi connectivity index (χ1) is 13.9. The number of benzene rings is 2. The standard InChI is InChI=1S/C20H19FN2O4S2/c21-15-8-6-14(7-9-15)10-23-17-12-29(25,26)13-18(17)28-20(23)22-19(24)11-27-16-4-2-1-3-5-16/h1-9,17-18H,10-13H2/t17-,18+/m0/s1. The SMILES string of the molecule is O=C(COc1ccccc1)N=C1S[C@@H]2CS(=O)(=O)C[C@@H]2N1Cc1ccc(F)cc1. The van der Waals surface area contributed by atoms with Crippen molar-refractivity contribution in [3.05, 3.63) is 66.0 Å². The van der Waals surface area contributed by atoms with Crippen molar-refractivity contribution < 1.29 is 22.3 Å². The zero-order valence-electron chi connectivity index (χ0n) is 15.4. The van der Waals surface area contributed by atoms with Crippen LogP contribution >= 0.6 is 11.8 Å². The fraction of sp³-hybridized carbons (Fsp3) is 0.300. The number of halogens is 1. The Morgan fingerprint density at radius 1 is 1.14 bits per heavy atom. The van der Waals surface area contributed by atoms with Crippen LogP contribution in [0.25, 0.3) is 0 Å². The second kappa shape index (κ2) is 8.16. The van der Waals surface area contributed by atoms with Crippen LogP contribution < -0.4 is 4.74 Å². The van der Waals surface area contributed by atoms with Crippen molar-refractivity contribution >= 4 is 32.7 Å². The molecule has 2 aliphatic heterocycles. The highest BCUT2D eigenvalue weighted by Gasteiger charge is 2.48. The minimum absolute atomic E-state index is 0.0274. The van der Waals surface area contributed by atoms with E-state index in [1.165, 1.54) is 23.9 Å². The van der Waals surface area contributed by atoms with Gasteiger partial charge in [-0.05, 0) is 29.8 Å². The van der Waals surface area contributed by atoms with Gasteiger partial charge in [0.15, 0.2) is 21.6 Å². The summed E-state index contributed by atoms with van der Waals surface area (Å²) in [7, 11) is -3.12. The van der Waals surface area contributed by atoms with Crippen LogP contribution in [0.3, 0.4) is 0 Å². The Morgan fingerprint density at radius 2 is 1.86 bits per heavy atom. The molecule has 4 rings (SSSR count). The number of amidine groups is 1. The van der Waals surface area contributed by atoms with Crippen LogP contribution in [0.5, 0.6) is 5.75 Å². The summed E-state index contributed by atoms with van der Waals surface area (Å²) in [6, 6.07) is 14.7. The molecule has 0 aliphatic carbocycles. The van der Waals surface area contributed by atoms with Crippen molar-refractivity contribution in [2.75, 3.05) is 18.1 Å². The van der Waals surface area contributed by atoms with Gasteiger partial charge in [-0.1, -0.05) is 42.1 Å². The minimum atomic E-state index is -3.12. The zero-order valence-corrected chi connectivity index (χ0v) is 17.0. The quantitative estimate of drug-likeness (QED) is 0.720. The van der Waals surface area contributed by atoms with Crippen LogP contribution in [-0.4, -0.2) is 53.8 Å². The molecule has 6 nitrogen and oxygen atoms in total. The molecule has 2 aromatic carbocycles. The highest BCUT2D eigenvalue weighted by molar-refractivity contribution is 8.15. The molecule has 0 saturated carbocycles. The maximum absolute atomic E-state index is 13.2. The van der Waals surface area contributed by atoms with Gasteiger partial charge in [0.25, 0.3) is 5.91 Å². The number of rotatable bonds is 5. The number of hydrogen-bond acceptors (Lipinski definition) is 5. The number of carbonyl (C=O) groups is 1. The van der Waals surface area contributed by atoms with Crippen molar-refractivity contribution in [2.45, 2.75) is 17.8 Å². The summed E-state index contributed by atoms with van der Waals surface area (Å²) >= 11 is 1.31. The third-order valence-corrected chi connectivity index (χ3v) is 8.01. The van der Waals surface area contributed by atoms with Gasteiger partial charge in [-0.3, -0.25) is 4.79 Å². The maximum atomic E-state index is 13.2. The molecule has 2 aliphatic rings. The largest absolute Gasteiger partial charge is 0.484 e. The first-order valence-electron chi connectivity index (χ1n) is 9.07. The van der Waals surface area contributed by atoms with E-state index in [0.29, 0.717) is 17.5 Å². The predicted molar refractivity (Wildman–Crippen MR) is 110 cm³/mol. The molecule has 2 fully saturated rings. The van der Waals surface area contributed by atoms with Gasteiger partial charge >= 0.3 is 0 Å². The van der Waals surface area contributed by atoms with E-state index in [-0.39, 0.29) is 35.2 Å². The van der Waals surface area contributed by atoms with E-state index in [2.05, 4.69) is 4.99 Å². The number of aliphatic imine (C=N–C) groups is 1. The summed E-state index contributed by atoms with van der Waals surface area (Å²) < 4.78 is 42.8. The fourth-order valence-corrected chi connectivity index (χ4v) is 7.38. The maximum Gasteiger partial charge on any atom is 0.285 e. The van der Waals surface area contributed by atoms with Crippen molar-refractivity contribution in [3.8, 4) is 5.75 Å². The van der Waals surface area contributed by atoms with E-state index >= 15 is 0 Å². The Kier molecular flexibility index (Phi) is 5.60. The van der Waals surface area contributed by atoms with Crippen LogP contribution in [0.15, 0.2) is 59.6 Å². The van der Waals surface area contributed by atoms with E-state index in [1.807, 2.05) is 23.1 Å². The predicted octanol–water partition coefficient (Wildman–Crippen LogP) is 2.50. The molecule has 29 heavy (non-hydrogen) atoms. The van der Waals surface area contributed by atoms with Crippen LogP contribution in [0.2, 0.25) is 0 Å². The van der Waals surface area contributed by atoms with Gasteiger partial charge < -0.3 is 9.64 Å². The molecule has 152 valence electrons.